The normalized spacial score (nSPS) is 18.0. The third-order valence-electron chi connectivity index (χ3n) is 4.76. The monoisotopic (exact) mass is 331 g/mol. The van der Waals surface area contributed by atoms with Crippen molar-refractivity contribution in [2.24, 2.45) is 13.0 Å². The number of amides is 1. The molecule has 0 saturated carbocycles. The SMILES string of the molecule is CC1CCN(C(CNC(=O)c2cccn2C)c2cccs2)CC1. The average Bonchev–Trinajstić information content (AvgIpc) is 3.20. The molecule has 124 valence electrons. The van der Waals surface area contributed by atoms with Crippen LogP contribution in [0.25, 0.3) is 0 Å². The largest absolute Gasteiger partial charge is 0.349 e. The molecule has 1 aliphatic rings. The Morgan fingerprint density at radius 3 is 2.74 bits per heavy atom. The molecule has 0 aromatic carbocycles. The zero-order valence-corrected chi connectivity index (χ0v) is 14.7. The molecule has 0 aliphatic carbocycles. The first-order chi connectivity index (χ1) is 11.1. The highest BCUT2D eigenvalue weighted by Crippen LogP contribution is 2.29. The first-order valence-corrected chi connectivity index (χ1v) is 9.20. The Kier molecular flexibility index (Phi) is 5.18. The van der Waals surface area contributed by atoms with Crippen LogP contribution in [0, 0.1) is 5.92 Å². The number of aryl methyl sites for hydroxylation is 1. The van der Waals surface area contributed by atoms with Crippen LogP contribution in [0.2, 0.25) is 0 Å². The van der Waals surface area contributed by atoms with Crippen molar-refractivity contribution in [1.82, 2.24) is 14.8 Å². The van der Waals surface area contributed by atoms with E-state index in [1.165, 1.54) is 17.7 Å². The van der Waals surface area contributed by atoms with Gasteiger partial charge in [0.1, 0.15) is 5.69 Å². The average molecular weight is 331 g/mol. The van der Waals surface area contributed by atoms with Crippen LogP contribution in [0.4, 0.5) is 0 Å². The third kappa shape index (κ3) is 3.85. The summed E-state index contributed by atoms with van der Waals surface area (Å²) in [6, 6.07) is 8.32. The minimum Gasteiger partial charge on any atom is -0.349 e. The van der Waals surface area contributed by atoms with E-state index < -0.39 is 0 Å². The highest BCUT2D eigenvalue weighted by molar-refractivity contribution is 7.10. The molecule has 23 heavy (non-hydrogen) atoms. The van der Waals surface area contributed by atoms with E-state index in [4.69, 9.17) is 0 Å². The van der Waals surface area contributed by atoms with E-state index in [0.717, 1.165) is 19.0 Å². The van der Waals surface area contributed by atoms with Crippen molar-refractivity contribution in [2.75, 3.05) is 19.6 Å². The lowest BCUT2D eigenvalue weighted by atomic mass is 9.97. The summed E-state index contributed by atoms with van der Waals surface area (Å²) in [6.07, 6.45) is 4.39. The molecular weight excluding hydrogens is 306 g/mol. The summed E-state index contributed by atoms with van der Waals surface area (Å²) in [5.41, 5.74) is 0.710. The summed E-state index contributed by atoms with van der Waals surface area (Å²) >= 11 is 1.78. The molecule has 1 aliphatic heterocycles. The molecule has 2 aromatic heterocycles. The second kappa shape index (κ2) is 7.32. The van der Waals surface area contributed by atoms with Gasteiger partial charge in [0.05, 0.1) is 6.04 Å². The number of carbonyl (C=O) groups excluding carboxylic acids is 1. The van der Waals surface area contributed by atoms with Gasteiger partial charge in [0.25, 0.3) is 5.91 Å². The van der Waals surface area contributed by atoms with Crippen LogP contribution in [-0.4, -0.2) is 35.0 Å². The topological polar surface area (TPSA) is 37.3 Å². The van der Waals surface area contributed by atoms with Crippen LogP contribution < -0.4 is 5.32 Å². The Bertz CT molecular complexity index is 626. The number of nitrogens with zero attached hydrogens (tertiary/aromatic N) is 2. The predicted octanol–water partition coefficient (Wildman–Crippen LogP) is 3.29. The number of carbonyl (C=O) groups is 1. The van der Waals surface area contributed by atoms with Gasteiger partial charge < -0.3 is 9.88 Å². The number of hydrogen-bond acceptors (Lipinski definition) is 3. The zero-order valence-electron chi connectivity index (χ0n) is 13.9. The van der Waals surface area contributed by atoms with Crippen molar-refractivity contribution < 1.29 is 4.79 Å². The van der Waals surface area contributed by atoms with Gasteiger partial charge >= 0.3 is 0 Å². The zero-order chi connectivity index (χ0) is 16.2. The van der Waals surface area contributed by atoms with Gasteiger partial charge in [0.2, 0.25) is 0 Å². The number of piperidine rings is 1. The van der Waals surface area contributed by atoms with E-state index in [-0.39, 0.29) is 11.9 Å². The number of rotatable bonds is 5. The van der Waals surface area contributed by atoms with Gasteiger partial charge in [-0.3, -0.25) is 9.69 Å². The van der Waals surface area contributed by atoms with Gasteiger partial charge in [0, 0.05) is 24.7 Å². The fourth-order valence-electron chi connectivity index (χ4n) is 3.21. The fourth-order valence-corrected chi connectivity index (χ4v) is 4.07. The Labute approximate surface area is 142 Å². The van der Waals surface area contributed by atoms with Crippen molar-refractivity contribution >= 4 is 17.2 Å². The molecule has 0 bridgehead atoms. The molecule has 3 heterocycles. The van der Waals surface area contributed by atoms with E-state index >= 15 is 0 Å². The van der Waals surface area contributed by atoms with Crippen molar-refractivity contribution in [3.05, 3.63) is 46.4 Å². The standard InChI is InChI=1S/C18H25N3OS/c1-14-7-10-21(11-8-14)16(17-6-4-12-23-17)13-19-18(22)15-5-3-9-20(15)2/h3-6,9,12,14,16H,7-8,10-11,13H2,1-2H3,(H,19,22). The molecule has 4 nitrogen and oxygen atoms in total. The quantitative estimate of drug-likeness (QED) is 0.913. The minimum absolute atomic E-state index is 0.00411. The predicted molar refractivity (Wildman–Crippen MR) is 94.8 cm³/mol. The van der Waals surface area contributed by atoms with Gasteiger partial charge in [-0.05, 0) is 55.4 Å². The first kappa shape index (κ1) is 16.3. The summed E-state index contributed by atoms with van der Waals surface area (Å²) in [7, 11) is 1.90. The Morgan fingerprint density at radius 2 is 2.13 bits per heavy atom. The number of nitrogens with one attached hydrogen (secondary N) is 1. The smallest absolute Gasteiger partial charge is 0.267 e. The van der Waals surface area contributed by atoms with E-state index in [2.05, 4.69) is 34.7 Å². The highest BCUT2D eigenvalue weighted by atomic mass is 32.1. The lowest BCUT2D eigenvalue weighted by Gasteiger charge is -2.36. The molecule has 1 N–H and O–H groups in total. The van der Waals surface area contributed by atoms with Crippen LogP contribution in [0.1, 0.15) is 41.2 Å². The molecule has 0 radical (unpaired) electrons. The summed E-state index contributed by atoms with van der Waals surface area (Å²) in [6.45, 7) is 5.22. The Balaban J connectivity index is 1.67. The second-order valence-electron chi connectivity index (χ2n) is 6.46. The maximum Gasteiger partial charge on any atom is 0.267 e. The van der Waals surface area contributed by atoms with Gasteiger partial charge in [0.15, 0.2) is 0 Å². The Morgan fingerprint density at radius 1 is 1.35 bits per heavy atom. The van der Waals surface area contributed by atoms with E-state index in [0.29, 0.717) is 12.2 Å². The van der Waals surface area contributed by atoms with Crippen molar-refractivity contribution in [3.8, 4) is 0 Å². The van der Waals surface area contributed by atoms with Crippen molar-refractivity contribution in [2.45, 2.75) is 25.8 Å². The van der Waals surface area contributed by atoms with Crippen LogP contribution in [0.5, 0.6) is 0 Å². The molecule has 1 saturated heterocycles. The summed E-state index contributed by atoms with van der Waals surface area (Å²) in [4.78, 5) is 16.3. The first-order valence-electron chi connectivity index (χ1n) is 8.32. The van der Waals surface area contributed by atoms with E-state index in [1.54, 1.807) is 11.3 Å². The molecule has 1 unspecified atom stereocenters. The van der Waals surface area contributed by atoms with Crippen LogP contribution >= 0.6 is 11.3 Å². The summed E-state index contributed by atoms with van der Waals surface area (Å²) < 4.78 is 1.86. The van der Waals surface area contributed by atoms with Crippen LogP contribution in [0.15, 0.2) is 35.8 Å². The summed E-state index contributed by atoms with van der Waals surface area (Å²) in [5.74, 6) is 0.817. The molecule has 2 aromatic rings. The van der Waals surface area contributed by atoms with E-state index in [1.807, 2.05) is 29.9 Å². The second-order valence-corrected chi connectivity index (χ2v) is 7.44. The number of aromatic nitrogens is 1. The van der Waals surface area contributed by atoms with Gasteiger partial charge in [-0.25, -0.2) is 0 Å². The fraction of sp³-hybridized carbons (Fsp3) is 0.500. The molecule has 1 atom stereocenters. The molecule has 3 rings (SSSR count). The van der Waals surface area contributed by atoms with E-state index in [9.17, 15) is 4.79 Å². The molecule has 0 spiro atoms. The van der Waals surface area contributed by atoms with Crippen LogP contribution in [-0.2, 0) is 7.05 Å². The van der Waals surface area contributed by atoms with Crippen LogP contribution in [0.3, 0.4) is 0 Å². The summed E-state index contributed by atoms with van der Waals surface area (Å²) in [5, 5.41) is 5.25. The third-order valence-corrected chi connectivity index (χ3v) is 5.74. The number of likely N-dealkylation sites (tertiary alicyclic amines) is 1. The molecule has 5 heteroatoms. The van der Waals surface area contributed by atoms with Gasteiger partial charge in [-0.1, -0.05) is 13.0 Å². The maximum atomic E-state index is 12.4. The Hall–Kier alpha value is -1.59. The molecule has 1 fully saturated rings. The lowest BCUT2D eigenvalue weighted by molar-refractivity contribution is 0.0907. The van der Waals surface area contributed by atoms with Crippen molar-refractivity contribution in [3.63, 3.8) is 0 Å². The minimum atomic E-state index is 0.00411. The number of thiophene rings is 1. The van der Waals surface area contributed by atoms with Gasteiger partial charge in [-0.15, -0.1) is 11.3 Å². The maximum absolute atomic E-state index is 12.4. The lowest BCUT2D eigenvalue weighted by Crippen LogP contribution is -2.41. The van der Waals surface area contributed by atoms with Crippen molar-refractivity contribution in [1.29, 1.82) is 0 Å². The molecular formula is C18H25N3OS. The number of hydrogen-bond donors (Lipinski definition) is 1. The molecule has 1 amide bonds. The van der Waals surface area contributed by atoms with Gasteiger partial charge in [-0.2, -0.15) is 0 Å². The highest BCUT2D eigenvalue weighted by Gasteiger charge is 2.26.